The lowest BCUT2D eigenvalue weighted by Crippen LogP contribution is -2.35. The first-order chi connectivity index (χ1) is 9.95. The molecule has 0 aromatic heterocycles. The van der Waals surface area contributed by atoms with E-state index in [0.717, 1.165) is 11.8 Å². The summed E-state index contributed by atoms with van der Waals surface area (Å²) >= 11 is 0. The highest BCUT2D eigenvalue weighted by Gasteiger charge is 2.38. The fourth-order valence-corrected chi connectivity index (χ4v) is 4.75. The predicted molar refractivity (Wildman–Crippen MR) is 89.1 cm³/mol. The van der Waals surface area contributed by atoms with Crippen LogP contribution in [0.5, 0.6) is 0 Å². The average molecular weight is 283 g/mol. The van der Waals surface area contributed by atoms with Gasteiger partial charge in [0.15, 0.2) is 0 Å². The molecule has 1 saturated carbocycles. The molecule has 1 unspecified atom stereocenters. The molecule has 1 aromatic rings. The van der Waals surface area contributed by atoms with Crippen LogP contribution in [0.3, 0.4) is 0 Å². The lowest BCUT2D eigenvalue weighted by molar-refractivity contribution is 0.264. The van der Waals surface area contributed by atoms with Crippen molar-refractivity contribution in [2.45, 2.75) is 76.7 Å². The number of rotatable bonds is 1. The van der Waals surface area contributed by atoms with Crippen LogP contribution in [-0.4, -0.2) is 18.5 Å². The van der Waals surface area contributed by atoms with E-state index < -0.39 is 0 Å². The molecule has 3 aliphatic rings. The summed E-state index contributed by atoms with van der Waals surface area (Å²) < 4.78 is 0. The first kappa shape index (κ1) is 13.8. The Morgan fingerprint density at radius 3 is 2.48 bits per heavy atom. The average Bonchev–Trinajstić information content (AvgIpc) is 3.21. The van der Waals surface area contributed by atoms with Gasteiger partial charge in [0.05, 0.1) is 0 Å². The zero-order valence-electron chi connectivity index (χ0n) is 14.1. The largest absolute Gasteiger partial charge is 0.301 e. The fraction of sp³-hybridized carbons (Fsp3) is 0.700. The summed E-state index contributed by atoms with van der Waals surface area (Å²) in [4.78, 5) is 2.57. The van der Waals surface area contributed by atoms with Gasteiger partial charge in [-0.2, -0.15) is 0 Å². The van der Waals surface area contributed by atoms with Crippen LogP contribution < -0.4 is 0 Å². The van der Waals surface area contributed by atoms with Gasteiger partial charge in [0.2, 0.25) is 0 Å². The van der Waals surface area contributed by atoms with E-state index in [1.807, 2.05) is 0 Å². The second-order valence-corrected chi connectivity index (χ2v) is 8.70. The molecule has 0 N–H and O–H groups in total. The summed E-state index contributed by atoms with van der Waals surface area (Å²) in [6.45, 7) is 9.67. The first-order valence-electron chi connectivity index (χ1n) is 8.82. The summed E-state index contributed by atoms with van der Waals surface area (Å²) in [6, 6.07) is 2.62. The van der Waals surface area contributed by atoms with Crippen LogP contribution in [0.1, 0.15) is 86.1 Å². The maximum absolute atomic E-state index is 2.62. The van der Waals surface area contributed by atoms with Gasteiger partial charge in [0.25, 0.3) is 0 Å². The van der Waals surface area contributed by atoms with Crippen molar-refractivity contribution >= 4 is 0 Å². The van der Waals surface area contributed by atoms with Crippen molar-refractivity contribution in [2.75, 3.05) is 13.6 Å². The van der Waals surface area contributed by atoms with E-state index in [1.54, 1.807) is 27.8 Å². The molecule has 1 aromatic carbocycles. The molecule has 1 heterocycles. The molecule has 2 aliphatic carbocycles. The maximum atomic E-state index is 2.62. The molecule has 114 valence electrons. The van der Waals surface area contributed by atoms with Crippen LogP contribution in [0.15, 0.2) is 6.07 Å². The van der Waals surface area contributed by atoms with E-state index in [0.29, 0.717) is 0 Å². The Morgan fingerprint density at radius 2 is 1.81 bits per heavy atom. The molecule has 1 heteroatoms. The standard InChI is InChI=1S/C20H29N/c1-20(2,3)17-10-14-6-5-7-15-11-21(4)12-16(18(14)15)19(17)13-8-9-13/h10,13,15H,5-9,11-12H2,1-4H3. The van der Waals surface area contributed by atoms with E-state index in [-0.39, 0.29) is 5.41 Å². The van der Waals surface area contributed by atoms with Gasteiger partial charge in [-0.25, -0.2) is 0 Å². The molecular weight excluding hydrogens is 254 g/mol. The van der Waals surface area contributed by atoms with Gasteiger partial charge in [-0.3, -0.25) is 0 Å². The molecule has 0 amide bonds. The summed E-state index contributed by atoms with van der Waals surface area (Å²) in [5.74, 6) is 1.68. The number of likely N-dealkylation sites (N-methyl/N-ethyl adjacent to an activating group) is 1. The van der Waals surface area contributed by atoms with E-state index in [2.05, 4.69) is 38.8 Å². The van der Waals surface area contributed by atoms with Crippen LogP contribution in [0.2, 0.25) is 0 Å². The number of benzene rings is 1. The van der Waals surface area contributed by atoms with Crippen LogP contribution in [-0.2, 0) is 18.4 Å². The number of nitrogens with zero attached hydrogens (tertiary/aromatic N) is 1. The van der Waals surface area contributed by atoms with Crippen molar-refractivity contribution in [1.82, 2.24) is 4.90 Å². The van der Waals surface area contributed by atoms with Crippen molar-refractivity contribution in [3.63, 3.8) is 0 Å². The second-order valence-electron chi connectivity index (χ2n) is 8.70. The van der Waals surface area contributed by atoms with Crippen molar-refractivity contribution in [2.24, 2.45) is 0 Å². The second kappa shape index (κ2) is 4.59. The highest BCUT2D eigenvalue weighted by atomic mass is 15.1. The Bertz CT molecular complexity index is 574. The Hall–Kier alpha value is -0.820. The van der Waals surface area contributed by atoms with Gasteiger partial charge in [-0.15, -0.1) is 0 Å². The summed E-state index contributed by atoms with van der Waals surface area (Å²) in [5, 5.41) is 0. The van der Waals surface area contributed by atoms with E-state index in [1.165, 1.54) is 45.2 Å². The normalized spacial score (nSPS) is 25.8. The maximum Gasteiger partial charge on any atom is 0.0236 e. The molecule has 1 aliphatic heterocycles. The molecule has 1 fully saturated rings. The third-order valence-electron chi connectivity index (χ3n) is 5.77. The Labute approximate surface area is 129 Å². The van der Waals surface area contributed by atoms with Crippen LogP contribution in [0, 0.1) is 0 Å². The van der Waals surface area contributed by atoms with E-state index in [9.17, 15) is 0 Å². The molecule has 0 saturated heterocycles. The van der Waals surface area contributed by atoms with Crippen LogP contribution in [0.25, 0.3) is 0 Å². The van der Waals surface area contributed by atoms with Gasteiger partial charge >= 0.3 is 0 Å². The Kier molecular flexibility index (Phi) is 3.02. The molecule has 21 heavy (non-hydrogen) atoms. The first-order valence-corrected chi connectivity index (χ1v) is 8.82. The third-order valence-corrected chi connectivity index (χ3v) is 5.77. The fourth-order valence-electron chi connectivity index (χ4n) is 4.75. The van der Waals surface area contributed by atoms with Crippen molar-refractivity contribution in [1.29, 1.82) is 0 Å². The van der Waals surface area contributed by atoms with Gasteiger partial charge in [-0.05, 0) is 84.2 Å². The topological polar surface area (TPSA) is 3.24 Å². The molecular formula is C20H29N. The quantitative estimate of drug-likeness (QED) is 0.720. The molecule has 0 radical (unpaired) electrons. The van der Waals surface area contributed by atoms with Gasteiger partial charge in [0.1, 0.15) is 0 Å². The number of hydrogen-bond acceptors (Lipinski definition) is 1. The van der Waals surface area contributed by atoms with Crippen molar-refractivity contribution in [3.05, 3.63) is 33.9 Å². The Balaban J connectivity index is 1.98. The monoisotopic (exact) mass is 283 g/mol. The minimum Gasteiger partial charge on any atom is -0.301 e. The number of hydrogen-bond donors (Lipinski definition) is 0. The SMILES string of the molecule is CN1Cc2c3c(cc(C(C)(C)C)c2C2CC2)CCCC3C1. The summed E-state index contributed by atoms with van der Waals surface area (Å²) in [7, 11) is 2.32. The van der Waals surface area contributed by atoms with Crippen molar-refractivity contribution < 1.29 is 0 Å². The summed E-state index contributed by atoms with van der Waals surface area (Å²) in [5.41, 5.74) is 8.94. The van der Waals surface area contributed by atoms with E-state index >= 15 is 0 Å². The van der Waals surface area contributed by atoms with Gasteiger partial charge in [0, 0.05) is 13.1 Å². The van der Waals surface area contributed by atoms with Crippen molar-refractivity contribution in [3.8, 4) is 0 Å². The molecule has 4 rings (SSSR count). The minimum absolute atomic E-state index is 0.284. The van der Waals surface area contributed by atoms with Gasteiger partial charge < -0.3 is 4.90 Å². The van der Waals surface area contributed by atoms with Gasteiger partial charge in [-0.1, -0.05) is 26.8 Å². The lowest BCUT2D eigenvalue weighted by Gasteiger charge is -2.40. The predicted octanol–water partition coefficient (Wildman–Crippen LogP) is 4.73. The Morgan fingerprint density at radius 1 is 1.05 bits per heavy atom. The third kappa shape index (κ3) is 2.25. The highest BCUT2D eigenvalue weighted by molar-refractivity contribution is 5.54. The van der Waals surface area contributed by atoms with E-state index in [4.69, 9.17) is 0 Å². The lowest BCUT2D eigenvalue weighted by atomic mass is 9.71. The highest BCUT2D eigenvalue weighted by Crippen LogP contribution is 2.51. The van der Waals surface area contributed by atoms with Crippen LogP contribution >= 0.6 is 0 Å². The van der Waals surface area contributed by atoms with Crippen LogP contribution in [0.4, 0.5) is 0 Å². The molecule has 0 spiro atoms. The summed E-state index contributed by atoms with van der Waals surface area (Å²) in [6.07, 6.45) is 6.95. The zero-order chi connectivity index (χ0) is 14.8. The molecule has 1 atom stereocenters. The minimum atomic E-state index is 0.284. The zero-order valence-corrected chi connectivity index (χ0v) is 14.1. The number of aryl methyl sites for hydroxylation is 1. The molecule has 1 nitrogen and oxygen atoms in total. The smallest absolute Gasteiger partial charge is 0.0236 e. The molecule has 0 bridgehead atoms.